The van der Waals surface area contributed by atoms with Gasteiger partial charge in [0.2, 0.25) is 0 Å². The van der Waals surface area contributed by atoms with E-state index in [1.165, 1.54) is 44.2 Å². The highest BCUT2D eigenvalue weighted by molar-refractivity contribution is 5.52. The fraction of sp³-hybridized carbons (Fsp3) is 0.615. The van der Waals surface area contributed by atoms with E-state index in [0.717, 1.165) is 63.7 Å². The number of unbranched alkanes of at least 4 members (excludes halogenated alkanes) is 4. The van der Waals surface area contributed by atoms with Crippen LogP contribution in [0.15, 0.2) is 51.9 Å². The Labute approximate surface area is 200 Å². The number of anilines is 1. The standard InChI is InChI=1S/C26H44N7/c1-4-6-8-18-32-22-23-33(19-9-7-5-2)26(32)30-29-24-12-14-25(15-13-24)31(20-10-16-27)21-11-17-28-3/h12-15,22-23H,3-11,16-21,27H2,1-2H3/q+1/p+1. The minimum Gasteiger partial charge on any atom is -0.371 e. The van der Waals surface area contributed by atoms with E-state index in [-0.39, 0.29) is 0 Å². The molecular weight excluding hydrogens is 410 g/mol. The molecule has 0 radical (unpaired) electrons. The number of azo groups is 1. The van der Waals surface area contributed by atoms with Crippen molar-refractivity contribution in [2.24, 2.45) is 15.2 Å². The Morgan fingerprint density at radius 2 is 1.67 bits per heavy atom. The van der Waals surface area contributed by atoms with E-state index in [1.54, 1.807) is 0 Å². The molecule has 0 atom stereocenters. The summed E-state index contributed by atoms with van der Waals surface area (Å²) in [6.45, 7) is 13.8. The van der Waals surface area contributed by atoms with Crippen molar-refractivity contribution in [2.45, 2.75) is 78.3 Å². The zero-order chi connectivity index (χ0) is 23.7. The SMILES string of the molecule is C=NCCCN(CCC[NH3+])c1ccc(N=Nc2n(CCCCC)cc[n+]2CCCCC)cc1. The Bertz CT molecular complexity index is 783. The number of nitrogens with zero attached hydrogens (tertiary/aromatic N) is 6. The number of hydrogen-bond acceptors (Lipinski definition) is 4. The first-order valence-electron chi connectivity index (χ1n) is 12.8. The molecule has 2 rings (SSSR count). The van der Waals surface area contributed by atoms with E-state index in [2.05, 4.69) is 92.2 Å². The Morgan fingerprint density at radius 1 is 0.939 bits per heavy atom. The number of benzene rings is 1. The van der Waals surface area contributed by atoms with Crippen molar-refractivity contribution >= 4 is 24.0 Å². The molecule has 1 aromatic carbocycles. The van der Waals surface area contributed by atoms with Crippen LogP contribution in [-0.2, 0) is 13.1 Å². The summed E-state index contributed by atoms with van der Waals surface area (Å²) < 4.78 is 4.49. The van der Waals surface area contributed by atoms with E-state index in [4.69, 9.17) is 0 Å². The van der Waals surface area contributed by atoms with E-state index >= 15 is 0 Å². The van der Waals surface area contributed by atoms with Crippen LogP contribution in [0.5, 0.6) is 0 Å². The van der Waals surface area contributed by atoms with Crippen LogP contribution in [0.4, 0.5) is 17.3 Å². The number of aromatic nitrogens is 2. The predicted molar refractivity (Wildman–Crippen MR) is 138 cm³/mol. The van der Waals surface area contributed by atoms with Crippen molar-refractivity contribution in [3.8, 4) is 0 Å². The van der Waals surface area contributed by atoms with Gasteiger partial charge in [-0.05, 0) is 50.2 Å². The molecule has 0 bridgehead atoms. The third kappa shape index (κ3) is 9.46. The molecule has 182 valence electrons. The summed E-state index contributed by atoms with van der Waals surface area (Å²) in [5, 5.41) is 9.28. The molecule has 1 heterocycles. The summed E-state index contributed by atoms with van der Waals surface area (Å²) in [5.74, 6) is 0.945. The molecule has 0 amide bonds. The maximum absolute atomic E-state index is 4.69. The van der Waals surface area contributed by atoms with Gasteiger partial charge >= 0.3 is 5.95 Å². The lowest BCUT2D eigenvalue weighted by molar-refractivity contribution is -0.684. The third-order valence-electron chi connectivity index (χ3n) is 5.84. The second kappa shape index (κ2) is 16.1. The molecule has 0 saturated heterocycles. The number of imidazole rings is 1. The molecule has 0 fully saturated rings. The largest absolute Gasteiger partial charge is 0.421 e. The molecule has 3 N–H and O–H groups in total. The highest BCUT2D eigenvalue weighted by Gasteiger charge is 2.17. The van der Waals surface area contributed by atoms with Gasteiger partial charge in [-0.2, -0.15) is 0 Å². The molecule has 7 nitrogen and oxygen atoms in total. The maximum Gasteiger partial charge on any atom is 0.421 e. The number of rotatable bonds is 18. The van der Waals surface area contributed by atoms with Gasteiger partial charge in [-0.1, -0.05) is 44.6 Å². The molecule has 0 spiro atoms. The van der Waals surface area contributed by atoms with Crippen LogP contribution in [0, 0.1) is 0 Å². The van der Waals surface area contributed by atoms with Crippen molar-refractivity contribution in [1.82, 2.24) is 4.57 Å². The van der Waals surface area contributed by atoms with E-state index in [1.807, 2.05) is 0 Å². The van der Waals surface area contributed by atoms with Crippen molar-refractivity contribution < 1.29 is 10.3 Å². The quantitative estimate of drug-likeness (QED) is 0.144. The van der Waals surface area contributed by atoms with Gasteiger partial charge in [-0.15, -0.1) is 0 Å². The molecule has 1 aromatic heterocycles. The van der Waals surface area contributed by atoms with Gasteiger partial charge in [0.05, 0.1) is 32.0 Å². The van der Waals surface area contributed by atoms with E-state index < -0.39 is 0 Å². The van der Waals surface area contributed by atoms with Crippen LogP contribution in [0.3, 0.4) is 0 Å². The highest BCUT2D eigenvalue weighted by Crippen LogP contribution is 2.22. The second-order valence-electron chi connectivity index (χ2n) is 8.61. The average Bonchev–Trinajstić information content (AvgIpc) is 3.22. The second-order valence-corrected chi connectivity index (χ2v) is 8.61. The molecule has 0 aliphatic carbocycles. The van der Waals surface area contributed by atoms with Gasteiger partial charge < -0.3 is 15.6 Å². The highest BCUT2D eigenvalue weighted by atomic mass is 15.3. The van der Waals surface area contributed by atoms with Crippen LogP contribution in [-0.4, -0.2) is 37.5 Å². The van der Waals surface area contributed by atoms with Gasteiger partial charge in [0.15, 0.2) is 0 Å². The summed E-state index contributed by atoms with van der Waals surface area (Å²) in [6.07, 6.45) is 13.6. The van der Waals surface area contributed by atoms with E-state index in [0.29, 0.717) is 0 Å². The van der Waals surface area contributed by atoms with Gasteiger partial charge in [0.25, 0.3) is 0 Å². The number of quaternary nitrogens is 1. The van der Waals surface area contributed by atoms with Crippen LogP contribution in [0.25, 0.3) is 0 Å². The lowest BCUT2D eigenvalue weighted by Crippen LogP contribution is -2.51. The Morgan fingerprint density at radius 3 is 2.36 bits per heavy atom. The fourth-order valence-corrected chi connectivity index (χ4v) is 3.87. The minimum absolute atomic E-state index is 0.795. The molecule has 0 unspecified atom stereocenters. The normalized spacial score (nSPS) is 11.4. The summed E-state index contributed by atoms with van der Waals surface area (Å²) in [6, 6.07) is 8.42. The van der Waals surface area contributed by atoms with Crippen molar-refractivity contribution in [2.75, 3.05) is 31.1 Å². The number of aryl methyl sites for hydroxylation is 2. The first-order chi connectivity index (χ1) is 16.2. The van der Waals surface area contributed by atoms with Gasteiger partial charge in [0, 0.05) is 36.9 Å². The van der Waals surface area contributed by atoms with Crippen LogP contribution in [0.1, 0.15) is 65.2 Å². The van der Waals surface area contributed by atoms with Crippen LogP contribution in [0.2, 0.25) is 0 Å². The molecular formula is C26H45N7+2. The van der Waals surface area contributed by atoms with Crippen LogP contribution >= 0.6 is 0 Å². The Kier molecular flexibility index (Phi) is 13.1. The summed E-state index contributed by atoms with van der Waals surface area (Å²) in [4.78, 5) is 6.39. The van der Waals surface area contributed by atoms with Crippen LogP contribution < -0.4 is 15.2 Å². The maximum atomic E-state index is 4.69. The fourth-order valence-electron chi connectivity index (χ4n) is 3.87. The zero-order valence-electron chi connectivity index (χ0n) is 21.0. The number of aliphatic imine (C=N–C) groups is 1. The molecule has 0 aliphatic heterocycles. The minimum atomic E-state index is 0.795. The topological polar surface area (TPSA) is 76.8 Å². The molecule has 0 aliphatic rings. The average molecular weight is 456 g/mol. The van der Waals surface area contributed by atoms with Crippen molar-refractivity contribution in [3.63, 3.8) is 0 Å². The third-order valence-corrected chi connectivity index (χ3v) is 5.84. The summed E-state index contributed by atoms with van der Waals surface area (Å²) in [5.41, 5.74) is 6.08. The van der Waals surface area contributed by atoms with E-state index in [9.17, 15) is 0 Å². The smallest absolute Gasteiger partial charge is 0.371 e. The monoisotopic (exact) mass is 455 g/mol. The van der Waals surface area contributed by atoms with Crippen molar-refractivity contribution in [3.05, 3.63) is 36.7 Å². The molecule has 7 heteroatoms. The first kappa shape index (κ1) is 26.7. The Hall–Kier alpha value is -2.54. The summed E-state index contributed by atoms with van der Waals surface area (Å²) >= 11 is 0. The lowest BCUT2D eigenvalue weighted by atomic mass is 10.2. The van der Waals surface area contributed by atoms with Crippen molar-refractivity contribution in [1.29, 1.82) is 0 Å². The number of hydrogen-bond donors (Lipinski definition) is 1. The molecule has 0 saturated carbocycles. The molecule has 33 heavy (non-hydrogen) atoms. The van der Waals surface area contributed by atoms with Gasteiger partial charge in [-0.3, -0.25) is 0 Å². The zero-order valence-corrected chi connectivity index (χ0v) is 21.0. The molecule has 2 aromatic rings. The Balaban J connectivity index is 2.12. The van der Waals surface area contributed by atoms with Gasteiger partial charge in [0.1, 0.15) is 5.69 Å². The summed E-state index contributed by atoms with van der Waals surface area (Å²) in [7, 11) is 0. The van der Waals surface area contributed by atoms with Gasteiger partial charge in [-0.25, -0.2) is 9.13 Å². The first-order valence-corrected chi connectivity index (χ1v) is 12.8. The lowest BCUT2D eigenvalue weighted by Gasteiger charge is -2.24. The predicted octanol–water partition coefficient (Wildman–Crippen LogP) is 5.10.